The summed E-state index contributed by atoms with van der Waals surface area (Å²) in [6.07, 6.45) is -0.312. The molecule has 0 aromatic heterocycles. The molecule has 1 heterocycles. The van der Waals surface area contributed by atoms with E-state index in [1.165, 1.54) is 18.7 Å². The lowest BCUT2D eigenvalue weighted by Gasteiger charge is -2.32. The molecular formula is C30H42F2N4O6. The van der Waals surface area contributed by atoms with Crippen LogP contribution < -0.4 is 16.0 Å². The Morgan fingerprint density at radius 3 is 2.12 bits per heavy atom. The molecule has 2 rings (SSSR count). The van der Waals surface area contributed by atoms with E-state index in [1.54, 1.807) is 51.1 Å². The summed E-state index contributed by atoms with van der Waals surface area (Å²) in [6.45, 7) is 8.58. The van der Waals surface area contributed by atoms with Gasteiger partial charge in [-0.25, -0.2) is 0 Å². The highest BCUT2D eigenvalue weighted by Crippen LogP contribution is 2.25. The Labute approximate surface area is 245 Å². The van der Waals surface area contributed by atoms with E-state index in [2.05, 4.69) is 16.0 Å². The number of nitrogens with one attached hydrogen (secondary N) is 3. The lowest BCUT2D eigenvalue weighted by atomic mass is 9.92. The van der Waals surface area contributed by atoms with Crippen molar-refractivity contribution < 1.29 is 37.5 Å². The summed E-state index contributed by atoms with van der Waals surface area (Å²) in [4.78, 5) is 77.5. The van der Waals surface area contributed by atoms with Crippen LogP contribution in [0.2, 0.25) is 0 Å². The van der Waals surface area contributed by atoms with E-state index in [0.29, 0.717) is 18.5 Å². The number of Topliss-reactive ketones (excluding diaryl/α,β-unsaturated/α-hetero) is 2. The highest BCUT2D eigenvalue weighted by Gasteiger charge is 2.51. The molecule has 0 saturated carbocycles. The Morgan fingerprint density at radius 2 is 1.55 bits per heavy atom. The zero-order valence-electron chi connectivity index (χ0n) is 24.9. The molecule has 1 saturated heterocycles. The topological polar surface area (TPSA) is 142 Å². The number of alkyl halides is 2. The van der Waals surface area contributed by atoms with Crippen molar-refractivity contribution in [1.82, 2.24) is 20.9 Å². The molecule has 1 fully saturated rings. The molecule has 1 aromatic carbocycles. The van der Waals surface area contributed by atoms with Gasteiger partial charge in [0.15, 0.2) is 0 Å². The third kappa shape index (κ3) is 9.15. The lowest BCUT2D eigenvalue weighted by molar-refractivity contribution is -0.160. The summed E-state index contributed by atoms with van der Waals surface area (Å²) in [5.74, 6) is -11.2. The Morgan fingerprint density at radius 1 is 0.929 bits per heavy atom. The van der Waals surface area contributed by atoms with Crippen molar-refractivity contribution in [2.45, 2.75) is 90.8 Å². The van der Waals surface area contributed by atoms with Crippen molar-refractivity contribution in [3.63, 3.8) is 0 Å². The molecule has 0 radical (unpaired) electrons. The largest absolute Gasteiger partial charge is 0.364 e. The molecule has 0 aliphatic carbocycles. The predicted molar refractivity (Wildman–Crippen MR) is 151 cm³/mol. The van der Waals surface area contributed by atoms with Crippen LogP contribution in [0.15, 0.2) is 30.3 Å². The van der Waals surface area contributed by atoms with Gasteiger partial charge >= 0.3 is 5.92 Å². The van der Waals surface area contributed by atoms with Crippen molar-refractivity contribution in [2.75, 3.05) is 13.1 Å². The molecule has 4 amide bonds. The maximum absolute atomic E-state index is 15.0. The third-order valence-corrected chi connectivity index (χ3v) is 7.17. The van der Waals surface area contributed by atoms with Gasteiger partial charge < -0.3 is 20.9 Å². The van der Waals surface area contributed by atoms with Crippen LogP contribution >= 0.6 is 0 Å². The Balaban J connectivity index is 2.12. The van der Waals surface area contributed by atoms with Gasteiger partial charge in [-0.15, -0.1) is 0 Å². The maximum Gasteiger partial charge on any atom is 0.364 e. The minimum Gasteiger partial charge on any atom is -0.356 e. The smallest absolute Gasteiger partial charge is 0.356 e. The molecule has 42 heavy (non-hydrogen) atoms. The lowest BCUT2D eigenvalue weighted by Crippen LogP contribution is -2.59. The number of rotatable bonds is 15. The number of ketones is 2. The quantitative estimate of drug-likeness (QED) is 0.267. The first kappa shape index (κ1) is 34.5. The number of amides is 4. The average Bonchev–Trinajstić information content (AvgIpc) is 3.43. The van der Waals surface area contributed by atoms with Crippen molar-refractivity contribution in [1.29, 1.82) is 0 Å². The average molecular weight is 593 g/mol. The molecule has 10 nitrogen and oxygen atoms in total. The van der Waals surface area contributed by atoms with Gasteiger partial charge in [0, 0.05) is 19.5 Å². The number of carbonyl (C=O) groups excluding carboxylic acids is 6. The molecule has 1 unspecified atom stereocenters. The number of hydrogen-bond donors (Lipinski definition) is 3. The normalized spacial score (nSPS) is 16.6. The van der Waals surface area contributed by atoms with E-state index in [4.69, 9.17) is 0 Å². The van der Waals surface area contributed by atoms with Crippen LogP contribution in [0.3, 0.4) is 0 Å². The van der Waals surface area contributed by atoms with Gasteiger partial charge in [0.2, 0.25) is 35.2 Å². The van der Waals surface area contributed by atoms with Gasteiger partial charge in [0.05, 0.1) is 6.04 Å². The van der Waals surface area contributed by atoms with E-state index in [-0.39, 0.29) is 25.3 Å². The molecule has 12 heteroatoms. The fourth-order valence-electron chi connectivity index (χ4n) is 4.80. The van der Waals surface area contributed by atoms with E-state index in [0.717, 1.165) is 0 Å². The van der Waals surface area contributed by atoms with Crippen LogP contribution in [0.1, 0.15) is 65.9 Å². The Hall–Kier alpha value is -3.70. The van der Waals surface area contributed by atoms with Crippen LogP contribution in [-0.2, 0) is 35.2 Å². The van der Waals surface area contributed by atoms with E-state index in [1.807, 2.05) is 0 Å². The number of aryl methyl sites for hydroxylation is 1. The number of carbonyl (C=O) groups is 6. The van der Waals surface area contributed by atoms with Crippen LogP contribution in [-0.4, -0.2) is 77.2 Å². The van der Waals surface area contributed by atoms with Crippen molar-refractivity contribution >= 4 is 35.2 Å². The highest BCUT2D eigenvalue weighted by molar-refractivity contribution is 6.11. The Kier molecular flexibility index (Phi) is 12.7. The van der Waals surface area contributed by atoms with E-state index >= 15 is 8.78 Å². The highest BCUT2D eigenvalue weighted by atomic mass is 19.3. The first-order chi connectivity index (χ1) is 19.7. The number of hydrogen-bond acceptors (Lipinski definition) is 6. The summed E-state index contributed by atoms with van der Waals surface area (Å²) in [5, 5.41) is 7.44. The standard InChI is InChI=1S/C30H42F2N4O6/c1-6-33-23(38)17-24(39)34-26(19(4)5)29(42)36-16-10-13-21(36)28(41)35-25(18(2)3)27(40)30(31,32)22(37)15-14-20-11-8-7-9-12-20/h7-9,11-12,18-19,21,25-26H,6,10,13-17H2,1-5H3,(H,33,38)(H,34,39)(H,35,41)/t21?,25-,26-/m0/s1. The second kappa shape index (κ2) is 15.5. The monoisotopic (exact) mass is 592 g/mol. The van der Waals surface area contributed by atoms with Gasteiger partial charge in [-0.05, 0) is 43.6 Å². The molecule has 0 spiro atoms. The minimum atomic E-state index is -4.31. The molecule has 1 aromatic rings. The molecule has 0 bridgehead atoms. The number of likely N-dealkylation sites (tertiary alicyclic amines) is 1. The first-order valence-corrected chi connectivity index (χ1v) is 14.4. The number of nitrogens with zero attached hydrogens (tertiary/aromatic N) is 1. The van der Waals surface area contributed by atoms with Crippen molar-refractivity contribution in [2.24, 2.45) is 11.8 Å². The van der Waals surface area contributed by atoms with E-state index < -0.39 is 78.0 Å². The zero-order valence-corrected chi connectivity index (χ0v) is 24.9. The van der Waals surface area contributed by atoms with Gasteiger partial charge in [0.1, 0.15) is 18.5 Å². The summed E-state index contributed by atoms with van der Waals surface area (Å²) >= 11 is 0. The number of halogens is 2. The molecule has 3 atom stereocenters. The second-order valence-corrected chi connectivity index (χ2v) is 11.2. The van der Waals surface area contributed by atoms with Crippen molar-refractivity contribution in [3.05, 3.63) is 35.9 Å². The Bertz CT molecular complexity index is 1140. The van der Waals surface area contributed by atoms with Crippen LogP contribution in [0.25, 0.3) is 0 Å². The molecule has 232 valence electrons. The summed E-state index contributed by atoms with van der Waals surface area (Å²) < 4.78 is 30.1. The minimum absolute atomic E-state index is 0.0389. The van der Waals surface area contributed by atoms with Crippen LogP contribution in [0.5, 0.6) is 0 Å². The molecule has 1 aliphatic rings. The van der Waals surface area contributed by atoms with Gasteiger partial charge in [-0.1, -0.05) is 58.0 Å². The fourth-order valence-corrected chi connectivity index (χ4v) is 4.80. The predicted octanol–water partition coefficient (Wildman–Crippen LogP) is 2.19. The van der Waals surface area contributed by atoms with Gasteiger partial charge in [0.25, 0.3) is 0 Å². The van der Waals surface area contributed by atoms with Gasteiger partial charge in [-0.3, -0.25) is 28.8 Å². The zero-order chi connectivity index (χ0) is 31.6. The van der Waals surface area contributed by atoms with Crippen molar-refractivity contribution in [3.8, 4) is 0 Å². The summed E-state index contributed by atoms with van der Waals surface area (Å²) in [5.41, 5.74) is 0.675. The maximum atomic E-state index is 15.0. The van der Waals surface area contributed by atoms with E-state index in [9.17, 15) is 28.8 Å². The van der Waals surface area contributed by atoms with Crippen LogP contribution in [0.4, 0.5) is 8.78 Å². The van der Waals surface area contributed by atoms with Crippen LogP contribution in [0, 0.1) is 11.8 Å². The number of benzene rings is 1. The molecular weight excluding hydrogens is 550 g/mol. The first-order valence-electron chi connectivity index (χ1n) is 14.4. The molecule has 1 aliphatic heterocycles. The second-order valence-electron chi connectivity index (χ2n) is 11.2. The summed E-state index contributed by atoms with van der Waals surface area (Å²) in [7, 11) is 0. The SMILES string of the molecule is CCNC(=O)CC(=O)N[C@H](C(=O)N1CCCC1C(=O)N[C@H](C(=O)C(F)(F)C(=O)CCc1ccccc1)C(C)C)C(C)C. The van der Waals surface area contributed by atoms with Gasteiger partial charge in [-0.2, -0.15) is 8.78 Å². The third-order valence-electron chi connectivity index (χ3n) is 7.17. The fraction of sp³-hybridized carbons (Fsp3) is 0.600. The molecule has 3 N–H and O–H groups in total. The summed E-state index contributed by atoms with van der Waals surface area (Å²) in [6, 6.07) is 4.82.